The second-order valence-electron chi connectivity index (χ2n) is 9.91. The van der Waals surface area contributed by atoms with Crippen molar-refractivity contribution in [3.8, 4) is 0 Å². The van der Waals surface area contributed by atoms with Crippen LogP contribution in [0.2, 0.25) is 0 Å². The Balaban J connectivity index is 1.29. The monoisotopic (exact) mass is 450 g/mol. The first-order valence-corrected chi connectivity index (χ1v) is 11.2. The minimum absolute atomic E-state index is 0.0156. The molecule has 9 nitrogen and oxygen atoms in total. The molecule has 3 saturated heterocycles. The number of nitrogen functional groups attached to an aromatic ring is 1. The standard InChI is InChI=1S/C21H32F2N8O/c1-11-12(3-4-14(25)26-11)16-15-17(29-28-16)27-19(30(2)18(15)32)31-7-5-20(6-8-31)10-21(22,23)9-13(20)24/h3-4,13,15-17,19,27-29H,5-10,24H2,1-2H3,(H2,25,26)/t13-,15?,16?,17?,19?/m1/s1. The van der Waals surface area contributed by atoms with E-state index < -0.39 is 17.4 Å². The van der Waals surface area contributed by atoms with Crippen molar-refractivity contribution in [2.45, 2.75) is 63.1 Å². The molecular weight excluding hydrogens is 418 g/mol. The second kappa shape index (κ2) is 7.56. The summed E-state index contributed by atoms with van der Waals surface area (Å²) < 4.78 is 28.0. The maximum Gasteiger partial charge on any atom is 0.250 e. The molecule has 3 aliphatic heterocycles. The Morgan fingerprint density at radius 1 is 1.22 bits per heavy atom. The Morgan fingerprint density at radius 2 is 1.94 bits per heavy atom. The Labute approximate surface area is 186 Å². The summed E-state index contributed by atoms with van der Waals surface area (Å²) in [7, 11) is 1.79. The van der Waals surface area contributed by atoms with Crippen LogP contribution in [0.25, 0.3) is 0 Å². The molecule has 4 aliphatic rings. The number of pyridine rings is 1. The van der Waals surface area contributed by atoms with Crippen molar-refractivity contribution in [1.29, 1.82) is 0 Å². The van der Waals surface area contributed by atoms with Gasteiger partial charge in [0.1, 0.15) is 12.1 Å². The molecule has 176 valence electrons. The van der Waals surface area contributed by atoms with Crippen molar-refractivity contribution in [3.63, 3.8) is 0 Å². The molecular formula is C21H32F2N8O. The van der Waals surface area contributed by atoms with Crippen LogP contribution in [0, 0.1) is 18.3 Å². The third kappa shape index (κ3) is 3.47. The van der Waals surface area contributed by atoms with E-state index in [1.807, 2.05) is 13.0 Å². The first-order chi connectivity index (χ1) is 15.1. The number of likely N-dealkylation sites (tertiary alicyclic amines) is 1. The number of aryl methyl sites for hydroxylation is 1. The number of hydrazine groups is 1. The average molecular weight is 451 g/mol. The molecule has 5 rings (SSSR count). The summed E-state index contributed by atoms with van der Waals surface area (Å²) in [6.07, 6.45) is 0.297. The largest absolute Gasteiger partial charge is 0.384 e. The summed E-state index contributed by atoms with van der Waals surface area (Å²) in [5, 5.41) is 3.54. The first kappa shape index (κ1) is 21.9. The van der Waals surface area contributed by atoms with Gasteiger partial charge in [0, 0.05) is 44.7 Å². The molecule has 7 N–H and O–H groups in total. The molecule has 1 aromatic heterocycles. The highest BCUT2D eigenvalue weighted by Crippen LogP contribution is 2.52. The van der Waals surface area contributed by atoms with Crippen LogP contribution in [0.4, 0.5) is 14.6 Å². The zero-order valence-corrected chi connectivity index (χ0v) is 18.4. The third-order valence-corrected chi connectivity index (χ3v) is 7.98. The minimum atomic E-state index is -2.67. The van der Waals surface area contributed by atoms with E-state index in [9.17, 15) is 13.6 Å². The molecule has 0 aromatic carbocycles. The SMILES string of the molecule is Cc1nc(N)ccc1C1NNC2NC(N3CCC4(CC3)CC(F)(F)C[C@H]4N)N(C)C(=O)C21. The second-order valence-corrected chi connectivity index (χ2v) is 9.91. The topological polar surface area (TPSA) is 125 Å². The van der Waals surface area contributed by atoms with Crippen LogP contribution in [-0.4, -0.2) is 65.2 Å². The average Bonchev–Trinajstić information content (AvgIpc) is 3.23. The highest BCUT2D eigenvalue weighted by Gasteiger charge is 2.56. The molecule has 0 radical (unpaired) electrons. The number of amides is 1. The van der Waals surface area contributed by atoms with Crippen molar-refractivity contribution in [1.82, 2.24) is 31.0 Å². The zero-order chi connectivity index (χ0) is 22.8. The van der Waals surface area contributed by atoms with E-state index in [0.29, 0.717) is 31.7 Å². The van der Waals surface area contributed by atoms with Gasteiger partial charge in [-0.1, -0.05) is 6.07 Å². The fraction of sp³-hybridized carbons (Fsp3) is 0.714. The van der Waals surface area contributed by atoms with Crippen LogP contribution >= 0.6 is 0 Å². The van der Waals surface area contributed by atoms with Crippen molar-refractivity contribution < 1.29 is 13.6 Å². The van der Waals surface area contributed by atoms with Gasteiger partial charge in [0.2, 0.25) is 11.8 Å². The number of nitrogens with one attached hydrogen (secondary N) is 3. The van der Waals surface area contributed by atoms with Crippen molar-refractivity contribution in [2.75, 3.05) is 25.9 Å². The maximum absolute atomic E-state index is 14.0. The van der Waals surface area contributed by atoms with Crippen molar-refractivity contribution in [3.05, 3.63) is 23.4 Å². The smallest absolute Gasteiger partial charge is 0.250 e. The van der Waals surface area contributed by atoms with E-state index in [1.165, 1.54) is 0 Å². The molecule has 11 heteroatoms. The Bertz CT molecular complexity index is 906. The van der Waals surface area contributed by atoms with Crippen molar-refractivity contribution >= 4 is 11.7 Å². The number of carbonyl (C=O) groups is 1. The number of alkyl halides is 2. The van der Waals surface area contributed by atoms with Crippen LogP contribution in [0.1, 0.15) is 43.0 Å². The normalized spacial score (nSPS) is 36.6. The van der Waals surface area contributed by atoms with Crippen LogP contribution in [0.5, 0.6) is 0 Å². The predicted octanol–water partition coefficient (Wildman–Crippen LogP) is 0.247. The van der Waals surface area contributed by atoms with E-state index in [-0.39, 0.29) is 43.2 Å². The third-order valence-electron chi connectivity index (χ3n) is 7.98. The fourth-order valence-corrected chi connectivity index (χ4v) is 6.17. The molecule has 4 unspecified atom stereocenters. The lowest BCUT2D eigenvalue weighted by atomic mass is 9.74. The molecule has 0 bridgehead atoms. The number of halogens is 2. The summed E-state index contributed by atoms with van der Waals surface area (Å²) in [4.78, 5) is 21.6. The van der Waals surface area contributed by atoms with Gasteiger partial charge in [0.15, 0.2) is 0 Å². The summed E-state index contributed by atoms with van der Waals surface area (Å²) >= 11 is 0. The lowest BCUT2D eigenvalue weighted by molar-refractivity contribution is -0.151. The first-order valence-electron chi connectivity index (χ1n) is 11.2. The fourth-order valence-electron chi connectivity index (χ4n) is 6.17. The zero-order valence-electron chi connectivity index (χ0n) is 18.4. The minimum Gasteiger partial charge on any atom is -0.384 e. The molecule has 5 atom stereocenters. The van der Waals surface area contributed by atoms with E-state index in [0.717, 1.165) is 11.3 Å². The Hall–Kier alpha value is -1.92. The van der Waals surface area contributed by atoms with Crippen molar-refractivity contribution in [2.24, 2.45) is 17.1 Å². The van der Waals surface area contributed by atoms with Crippen LogP contribution in [0.15, 0.2) is 12.1 Å². The van der Waals surface area contributed by atoms with Gasteiger partial charge in [0.05, 0.1) is 18.1 Å². The number of carbonyl (C=O) groups excluding carboxylic acids is 1. The summed E-state index contributed by atoms with van der Waals surface area (Å²) in [6, 6.07) is 2.94. The van der Waals surface area contributed by atoms with Gasteiger partial charge in [-0.25, -0.2) is 24.6 Å². The Morgan fingerprint density at radius 3 is 2.56 bits per heavy atom. The van der Waals surface area contributed by atoms with Gasteiger partial charge in [-0.2, -0.15) is 0 Å². The lowest BCUT2D eigenvalue weighted by Crippen LogP contribution is -2.70. The number of nitrogens with two attached hydrogens (primary N) is 2. The number of rotatable bonds is 2. The molecule has 1 aliphatic carbocycles. The van der Waals surface area contributed by atoms with Gasteiger partial charge in [-0.3, -0.25) is 15.0 Å². The van der Waals surface area contributed by atoms with Crippen LogP contribution in [0.3, 0.4) is 0 Å². The van der Waals surface area contributed by atoms with Gasteiger partial charge < -0.3 is 16.4 Å². The number of fused-ring (bicyclic) bond motifs is 1. The van der Waals surface area contributed by atoms with E-state index in [2.05, 4.69) is 26.1 Å². The molecule has 4 heterocycles. The highest BCUT2D eigenvalue weighted by atomic mass is 19.3. The number of hydrogen-bond acceptors (Lipinski definition) is 8. The maximum atomic E-state index is 14.0. The number of anilines is 1. The molecule has 1 saturated carbocycles. The van der Waals surface area contributed by atoms with Gasteiger partial charge >= 0.3 is 0 Å². The van der Waals surface area contributed by atoms with Crippen LogP contribution in [-0.2, 0) is 4.79 Å². The molecule has 1 amide bonds. The quantitative estimate of drug-likeness (QED) is 0.434. The predicted molar refractivity (Wildman–Crippen MR) is 115 cm³/mol. The molecule has 4 fully saturated rings. The summed E-state index contributed by atoms with van der Waals surface area (Å²) in [5.41, 5.74) is 19.6. The van der Waals surface area contributed by atoms with E-state index >= 15 is 0 Å². The number of nitrogens with zero attached hydrogens (tertiary/aromatic N) is 3. The van der Waals surface area contributed by atoms with Gasteiger partial charge in [-0.15, -0.1) is 0 Å². The summed E-state index contributed by atoms with van der Waals surface area (Å²) in [5.74, 6) is -2.56. The highest BCUT2D eigenvalue weighted by molar-refractivity contribution is 5.82. The number of hydrogen-bond donors (Lipinski definition) is 5. The molecule has 1 spiro atoms. The number of piperidine rings is 1. The van der Waals surface area contributed by atoms with E-state index in [4.69, 9.17) is 11.5 Å². The molecule has 1 aromatic rings. The van der Waals surface area contributed by atoms with Gasteiger partial charge in [-0.05, 0) is 36.8 Å². The van der Waals surface area contributed by atoms with Gasteiger partial charge in [0.25, 0.3) is 0 Å². The van der Waals surface area contributed by atoms with E-state index in [1.54, 1.807) is 18.0 Å². The Kier molecular flexibility index (Phi) is 5.17. The molecule has 32 heavy (non-hydrogen) atoms. The lowest BCUT2D eigenvalue weighted by Gasteiger charge is -2.50. The summed E-state index contributed by atoms with van der Waals surface area (Å²) in [6.45, 7) is 3.12. The van der Waals surface area contributed by atoms with Crippen LogP contribution < -0.4 is 27.6 Å². The number of aromatic nitrogens is 1.